The highest BCUT2D eigenvalue weighted by Gasteiger charge is 2.17. The fraction of sp³-hybridized carbons (Fsp3) is 0.455. The van der Waals surface area contributed by atoms with E-state index in [1.807, 2.05) is 36.6 Å². The van der Waals surface area contributed by atoms with Crippen LogP contribution in [-0.2, 0) is 16.1 Å². The Kier molecular flexibility index (Phi) is 8.07. The third-order valence-corrected chi connectivity index (χ3v) is 6.11. The number of rotatable bonds is 9. The van der Waals surface area contributed by atoms with Crippen molar-refractivity contribution in [2.45, 2.75) is 32.7 Å². The van der Waals surface area contributed by atoms with Crippen molar-refractivity contribution in [3.63, 3.8) is 0 Å². The van der Waals surface area contributed by atoms with Crippen LogP contribution in [0.3, 0.4) is 0 Å². The standard InChI is InChI=1S/C22H30N4O2S/c1-2-25(16-21(27)23-15-20-7-6-14-29-20)17-22(28)24-18-8-10-19(11-9-18)26-12-4-3-5-13-26/h6-11,14H,2-5,12-13,15-17H2,1H3,(H,23,27)(H,24,28)/p+1. The Morgan fingerprint density at radius 1 is 1.03 bits per heavy atom. The van der Waals surface area contributed by atoms with E-state index >= 15 is 0 Å². The van der Waals surface area contributed by atoms with Crippen LogP contribution in [0.5, 0.6) is 0 Å². The van der Waals surface area contributed by atoms with Crippen LogP contribution in [0.25, 0.3) is 0 Å². The molecule has 1 fully saturated rings. The number of nitrogens with one attached hydrogen (secondary N) is 3. The maximum Gasteiger partial charge on any atom is 0.279 e. The minimum atomic E-state index is -0.0707. The van der Waals surface area contributed by atoms with E-state index in [-0.39, 0.29) is 18.4 Å². The van der Waals surface area contributed by atoms with Crippen LogP contribution < -0.4 is 20.4 Å². The Morgan fingerprint density at radius 2 is 1.76 bits per heavy atom. The summed E-state index contributed by atoms with van der Waals surface area (Å²) in [6.07, 6.45) is 3.80. The molecule has 3 N–H and O–H groups in total. The van der Waals surface area contributed by atoms with E-state index in [0.717, 1.165) is 28.6 Å². The van der Waals surface area contributed by atoms with Crippen LogP contribution in [0.15, 0.2) is 41.8 Å². The predicted molar refractivity (Wildman–Crippen MR) is 119 cm³/mol. The van der Waals surface area contributed by atoms with E-state index in [9.17, 15) is 9.59 Å². The van der Waals surface area contributed by atoms with Gasteiger partial charge in [-0.05, 0) is 61.9 Å². The van der Waals surface area contributed by atoms with Crippen LogP contribution in [0.1, 0.15) is 31.1 Å². The van der Waals surface area contributed by atoms with Crippen molar-refractivity contribution in [3.8, 4) is 0 Å². The summed E-state index contributed by atoms with van der Waals surface area (Å²) < 4.78 is 0. The first kappa shape index (κ1) is 21.3. The van der Waals surface area contributed by atoms with Gasteiger partial charge in [0.15, 0.2) is 13.1 Å². The van der Waals surface area contributed by atoms with Gasteiger partial charge in [0.1, 0.15) is 0 Å². The normalized spacial score (nSPS) is 15.0. The molecule has 1 aromatic heterocycles. The van der Waals surface area contributed by atoms with Crippen molar-refractivity contribution < 1.29 is 14.5 Å². The first-order valence-corrected chi connectivity index (χ1v) is 11.3. The summed E-state index contributed by atoms with van der Waals surface area (Å²) in [5, 5.41) is 7.88. The predicted octanol–water partition coefficient (Wildman–Crippen LogP) is 1.90. The van der Waals surface area contributed by atoms with Crippen molar-refractivity contribution in [2.75, 3.05) is 42.9 Å². The first-order valence-electron chi connectivity index (χ1n) is 10.4. The van der Waals surface area contributed by atoms with Crippen LogP contribution >= 0.6 is 11.3 Å². The molecule has 0 radical (unpaired) electrons. The molecule has 1 aromatic carbocycles. The average Bonchev–Trinajstić information content (AvgIpc) is 3.26. The molecule has 1 atom stereocenters. The van der Waals surface area contributed by atoms with E-state index in [1.165, 1.54) is 24.9 Å². The summed E-state index contributed by atoms with van der Waals surface area (Å²) >= 11 is 1.62. The Labute approximate surface area is 176 Å². The molecule has 0 spiro atoms. The highest BCUT2D eigenvalue weighted by Crippen LogP contribution is 2.21. The molecule has 2 amide bonds. The van der Waals surface area contributed by atoms with Crippen LogP contribution in [-0.4, -0.2) is 44.5 Å². The molecule has 1 aliphatic rings. The van der Waals surface area contributed by atoms with Gasteiger partial charge in [-0.15, -0.1) is 11.3 Å². The summed E-state index contributed by atoms with van der Waals surface area (Å²) in [5.41, 5.74) is 2.01. The van der Waals surface area contributed by atoms with Gasteiger partial charge in [0.05, 0.1) is 13.1 Å². The Morgan fingerprint density at radius 3 is 2.41 bits per heavy atom. The number of piperidine rings is 1. The fourth-order valence-corrected chi connectivity index (χ4v) is 4.19. The molecule has 7 heteroatoms. The molecule has 1 saturated heterocycles. The van der Waals surface area contributed by atoms with Crippen LogP contribution in [0, 0.1) is 0 Å². The number of carbonyl (C=O) groups is 2. The first-order chi connectivity index (χ1) is 14.1. The third kappa shape index (κ3) is 6.87. The Bertz CT molecular complexity index is 771. The molecule has 2 aromatic rings. The quantitative estimate of drug-likeness (QED) is 0.586. The molecule has 0 bridgehead atoms. The number of nitrogens with zero attached hydrogens (tertiary/aromatic N) is 1. The maximum atomic E-state index is 12.4. The number of benzene rings is 1. The molecule has 1 unspecified atom stereocenters. The summed E-state index contributed by atoms with van der Waals surface area (Å²) in [4.78, 5) is 29.1. The summed E-state index contributed by atoms with van der Waals surface area (Å²) in [5.74, 6) is -0.104. The van der Waals surface area contributed by atoms with E-state index in [0.29, 0.717) is 19.6 Å². The lowest BCUT2D eigenvalue weighted by molar-refractivity contribution is -0.881. The molecule has 2 heterocycles. The van der Waals surface area contributed by atoms with E-state index < -0.39 is 0 Å². The number of quaternary nitrogens is 1. The number of amides is 2. The zero-order chi connectivity index (χ0) is 20.5. The lowest BCUT2D eigenvalue weighted by Crippen LogP contribution is -3.13. The monoisotopic (exact) mass is 415 g/mol. The van der Waals surface area contributed by atoms with Gasteiger partial charge in [-0.2, -0.15) is 0 Å². The van der Waals surface area contributed by atoms with Crippen molar-refractivity contribution in [3.05, 3.63) is 46.7 Å². The van der Waals surface area contributed by atoms with Gasteiger partial charge in [0.2, 0.25) is 0 Å². The second-order valence-corrected chi connectivity index (χ2v) is 8.49. The zero-order valence-electron chi connectivity index (χ0n) is 17.1. The molecule has 0 saturated carbocycles. The smallest absolute Gasteiger partial charge is 0.279 e. The molecule has 0 aliphatic carbocycles. The fourth-order valence-electron chi connectivity index (χ4n) is 3.54. The molecular weight excluding hydrogens is 384 g/mol. The van der Waals surface area contributed by atoms with E-state index in [2.05, 4.69) is 27.7 Å². The molecule has 29 heavy (non-hydrogen) atoms. The highest BCUT2D eigenvalue weighted by atomic mass is 32.1. The number of hydrogen-bond donors (Lipinski definition) is 3. The SMILES string of the molecule is CC[NH+](CC(=O)NCc1cccs1)CC(=O)Nc1ccc(N2CCCCC2)cc1. The number of thiophene rings is 1. The molecule has 1 aliphatic heterocycles. The number of hydrogen-bond acceptors (Lipinski definition) is 4. The van der Waals surface area contributed by atoms with Gasteiger partial charge >= 0.3 is 0 Å². The third-order valence-electron chi connectivity index (χ3n) is 5.23. The number of anilines is 2. The van der Waals surface area contributed by atoms with Gasteiger partial charge in [-0.1, -0.05) is 6.07 Å². The second kappa shape index (κ2) is 11.0. The molecule has 3 rings (SSSR count). The topological polar surface area (TPSA) is 65.9 Å². The largest absolute Gasteiger partial charge is 0.372 e. The van der Waals surface area contributed by atoms with Crippen LogP contribution in [0.4, 0.5) is 11.4 Å². The molecular formula is C22H31N4O2S+. The van der Waals surface area contributed by atoms with Gasteiger partial charge < -0.3 is 20.4 Å². The second-order valence-electron chi connectivity index (χ2n) is 7.46. The lowest BCUT2D eigenvalue weighted by Gasteiger charge is -2.28. The summed E-state index contributed by atoms with van der Waals surface area (Å²) in [6.45, 7) is 6.03. The summed E-state index contributed by atoms with van der Waals surface area (Å²) in [6, 6.07) is 12.0. The zero-order valence-corrected chi connectivity index (χ0v) is 17.9. The average molecular weight is 416 g/mol. The van der Waals surface area contributed by atoms with Crippen molar-refractivity contribution >= 4 is 34.5 Å². The number of likely N-dealkylation sites (N-methyl/N-ethyl adjacent to an activating group) is 1. The molecule has 6 nitrogen and oxygen atoms in total. The van der Waals surface area contributed by atoms with Gasteiger partial charge in [-0.3, -0.25) is 9.59 Å². The molecule has 156 valence electrons. The van der Waals surface area contributed by atoms with Crippen molar-refractivity contribution in [1.29, 1.82) is 0 Å². The van der Waals surface area contributed by atoms with Gasteiger partial charge in [0.25, 0.3) is 11.8 Å². The van der Waals surface area contributed by atoms with E-state index in [1.54, 1.807) is 11.3 Å². The van der Waals surface area contributed by atoms with Crippen molar-refractivity contribution in [2.24, 2.45) is 0 Å². The van der Waals surface area contributed by atoms with Gasteiger partial charge in [0, 0.05) is 29.3 Å². The summed E-state index contributed by atoms with van der Waals surface area (Å²) in [7, 11) is 0. The maximum absolute atomic E-state index is 12.4. The minimum absolute atomic E-state index is 0.0334. The Hall–Kier alpha value is -2.38. The Balaban J connectivity index is 1.43. The minimum Gasteiger partial charge on any atom is -0.372 e. The highest BCUT2D eigenvalue weighted by molar-refractivity contribution is 7.09. The van der Waals surface area contributed by atoms with E-state index in [4.69, 9.17) is 0 Å². The lowest BCUT2D eigenvalue weighted by atomic mass is 10.1. The van der Waals surface area contributed by atoms with Crippen LogP contribution in [0.2, 0.25) is 0 Å². The van der Waals surface area contributed by atoms with Gasteiger partial charge in [-0.25, -0.2) is 0 Å². The number of carbonyl (C=O) groups excluding carboxylic acids is 2. The van der Waals surface area contributed by atoms with Crippen molar-refractivity contribution in [1.82, 2.24) is 5.32 Å².